The Labute approximate surface area is 171 Å². The van der Waals surface area contributed by atoms with Gasteiger partial charge in [0.25, 0.3) is 5.91 Å². The fraction of sp³-hybridized carbons (Fsp3) is 0.333. The third-order valence-corrected chi connectivity index (χ3v) is 6.47. The lowest BCUT2D eigenvalue weighted by Crippen LogP contribution is -2.35. The van der Waals surface area contributed by atoms with E-state index in [0.29, 0.717) is 6.54 Å². The SMILES string of the molecule is CC(C)N(C)S(=O)(=O)c1cccc(C(=O)O[C@H](C)C(=O)NCc2ccccc2)c1. The van der Waals surface area contributed by atoms with E-state index in [1.807, 2.05) is 30.3 Å². The fourth-order valence-corrected chi connectivity index (χ4v) is 3.85. The minimum Gasteiger partial charge on any atom is -0.449 e. The molecule has 1 amide bonds. The number of carbonyl (C=O) groups is 2. The molecule has 0 aliphatic rings. The summed E-state index contributed by atoms with van der Waals surface area (Å²) in [6.07, 6.45) is -1.02. The largest absolute Gasteiger partial charge is 0.449 e. The molecule has 0 saturated carbocycles. The lowest BCUT2D eigenvalue weighted by atomic mass is 10.2. The van der Waals surface area contributed by atoms with E-state index in [0.717, 1.165) is 5.56 Å². The van der Waals surface area contributed by atoms with Gasteiger partial charge in [-0.25, -0.2) is 13.2 Å². The molecule has 8 heteroatoms. The molecule has 1 N–H and O–H groups in total. The van der Waals surface area contributed by atoms with E-state index in [-0.39, 0.29) is 16.5 Å². The van der Waals surface area contributed by atoms with Crippen LogP contribution in [0.3, 0.4) is 0 Å². The first-order valence-electron chi connectivity index (χ1n) is 9.23. The van der Waals surface area contributed by atoms with Crippen LogP contribution in [0.25, 0.3) is 0 Å². The van der Waals surface area contributed by atoms with Gasteiger partial charge < -0.3 is 10.1 Å². The second-order valence-electron chi connectivity index (χ2n) is 6.89. The second kappa shape index (κ2) is 9.67. The first-order chi connectivity index (χ1) is 13.6. The number of nitrogens with zero attached hydrogens (tertiary/aromatic N) is 1. The quantitative estimate of drug-likeness (QED) is 0.665. The molecule has 0 heterocycles. The molecule has 29 heavy (non-hydrogen) atoms. The molecule has 0 unspecified atom stereocenters. The molecular formula is C21H26N2O5S. The number of carbonyl (C=O) groups excluding carboxylic acids is 2. The van der Waals surface area contributed by atoms with Gasteiger partial charge in [-0.05, 0) is 44.5 Å². The van der Waals surface area contributed by atoms with E-state index in [1.165, 1.54) is 42.5 Å². The summed E-state index contributed by atoms with van der Waals surface area (Å²) in [7, 11) is -2.26. The summed E-state index contributed by atoms with van der Waals surface area (Å²) in [6.45, 7) is 5.29. The molecule has 2 aromatic carbocycles. The summed E-state index contributed by atoms with van der Waals surface area (Å²) in [4.78, 5) is 24.6. The lowest BCUT2D eigenvalue weighted by molar-refractivity contribution is -0.129. The van der Waals surface area contributed by atoms with Gasteiger partial charge in [-0.1, -0.05) is 36.4 Å². The van der Waals surface area contributed by atoms with Gasteiger partial charge in [-0.15, -0.1) is 0 Å². The topological polar surface area (TPSA) is 92.8 Å². The zero-order valence-electron chi connectivity index (χ0n) is 17.0. The predicted octanol–water partition coefficient (Wildman–Crippen LogP) is 2.58. The van der Waals surface area contributed by atoms with E-state index in [1.54, 1.807) is 13.8 Å². The van der Waals surface area contributed by atoms with Crippen molar-refractivity contribution in [3.63, 3.8) is 0 Å². The van der Waals surface area contributed by atoms with Gasteiger partial charge in [-0.3, -0.25) is 4.79 Å². The Morgan fingerprint density at radius 3 is 2.31 bits per heavy atom. The van der Waals surface area contributed by atoms with Gasteiger partial charge in [0.15, 0.2) is 6.10 Å². The standard InChI is InChI=1S/C21H26N2O5S/c1-15(2)23(4)29(26,27)19-12-8-11-18(13-19)21(25)28-16(3)20(24)22-14-17-9-6-5-7-10-17/h5-13,15-16H,14H2,1-4H3,(H,22,24)/t16-/m1/s1. The van der Waals surface area contributed by atoms with Crippen molar-refractivity contribution in [1.82, 2.24) is 9.62 Å². The average molecular weight is 419 g/mol. The van der Waals surface area contributed by atoms with Crippen molar-refractivity contribution in [3.8, 4) is 0 Å². The van der Waals surface area contributed by atoms with E-state index in [9.17, 15) is 18.0 Å². The van der Waals surface area contributed by atoms with Crippen LogP contribution >= 0.6 is 0 Å². The first kappa shape index (κ1) is 22.6. The van der Waals surface area contributed by atoms with Crippen LogP contribution in [0.1, 0.15) is 36.7 Å². The summed E-state index contributed by atoms with van der Waals surface area (Å²) in [5, 5.41) is 2.70. The highest BCUT2D eigenvalue weighted by Gasteiger charge is 2.25. The molecule has 0 fully saturated rings. The van der Waals surface area contributed by atoms with Crippen molar-refractivity contribution in [1.29, 1.82) is 0 Å². The summed E-state index contributed by atoms with van der Waals surface area (Å²) in [5.74, 6) is -1.21. The Hall–Kier alpha value is -2.71. The highest BCUT2D eigenvalue weighted by Crippen LogP contribution is 2.18. The molecule has 0 radical (unpaired) electrons. The van der Waals surface area contributed by atoms with E-state index in [4.69, 9.17) is 4.74 Å². The van der Waals surface area contributed by atoms with Gasteiger partial charge in [-0.2, -0.15) is 4.31 Å². The van der Waals surface area contributed by atoms with Crippen LogP contribution in [-0.4, -0.2) is 43.8 Å². The maximum absolute atomic E-state index is 12.6. The summed E-state index contributed by atoms with van der Waals surface area (Å²) in [5.41, 5.74) is 0.984. The van der Waals surface area contributed by atoms with Crippen molar-refractivity contribution in [2.45, 2.75) is 44.4 Å². The Kier molecular flexibility index (Phi) is 7.53. The maximum atomic E-state index is 12.6. The van der Waals surface area contributed by atoms with E-state index < -0.39 is 28.0 Å². The van der Waals surface area contributed by atoms with Gasteiger partial charge in [0.05, 0.1) is 10.5 Å². The molecule has 7 nitrogen and oxygen atoms in total. The molecule has 2 rings (SSSR count). The number of amides is 1. The summed E-state index contributed by atoms with van der Waals surface area (Å²) < 4.78 is 31.6. The maximum Gasteiger partial charge on any atom is 0.338 e. The molecule has 0 aliphatic carbocycles. The third kappa shape index (κ3) is 5.88. The fourth-order valence-electron chi connectivity index (χ4n) is 2.44. The summed E-state index contributed by atoms with van der Waals surface area (Å²) in [6, 6.07) is 14.7. The van der Waals surface area contributed by atoms with Gasteiger partial charge in [0.2, 0.25) is 10.0 Å². The van der Waals surface area contributed by atoms with Crippen molar-refractivity contribution in [2.24, 2.45) is 0 Å². The van der Waals surface area contributed by atoms with Crippen molar-refractivity contribution in [3.05, 3.63) is 65.7 Å². The van der Waals surface area contributed by atoms with Gasteiger partial charge >= 0.3 is 5.97 Å². The van der Waals surface area contributed by atoms with Gasteiger partial charge in [0.1, 0.15) is 0 Å². The normalized spacial score (nSPS) is 12.6. The Bertz CT molecular complexity index is 958. The molecule has 156 valence electrons. The Morgan fingerprint density at radius 1 is 1.03 bits per heavy atom. The number of nitrogens with one attached hydrogen (secondary N) is 1. The zero-order valence-corrected chi connectivity index (χ0v) is 17.8. The minimum atomic E-state index is -3.73. The predicted molar refractivity (Wildman–Crippen MR) is 110 cm³/mol. The minimum absolute atomic E-state index is 0.00988. The molecule has 2 aromatic rings. The highest BCUT2D eigenvalue weighted by molar-refractivity contribution is 7.89. The van der Waals surface area contributed by atoms with Crippen LogP contribution in [0.2, 0.25) is 0 Å². The summed E-state index contributed by atoms with van der Waals surface area (Å²) >= 11 is 0. The van der Waals surface area contributed by atoms with Crippen molar-refractivity contribution < 1.29 is 22.7 Å². The monoisotopic (exact) mass is 418 g/mol. The molecule has 0 saturated heterocycles. The zero-order chi connectivity index (χ0) is 21.6. The van der Waals surface area contributed by atoms with Crippen LogP contribution in [0.15, 0.2) is 59.5 Å². The second-order valence-corrected chi connectivity index (χ2v) is 8.89. The van der Waals surface area contributed by atoms with Crippen LogP contribution in [0.5, 0.6) is 0 Å². The number of sulfonamides is 1. The Morgan fingerprint density at radius 2 is 1.69 bits per heavy atom. The van der Waals surface area contributed by atoms with E-state index in [2.05, 4.69) is 5.32 Å². The van der Waals surface area contributed by atoms with Gasteiger partial charge in [0, 0.05) is 19.6 Å². The highest BCUT2D eigenvalue weighted by atomic mass is 32.2. The molecule has 0 aromatic heterocycles. The van der Waals surface area contributed by atoms with Crippen molar-refractivity contribution in [2.75, 3.05) is 7.05 Å². The average Bonchev–Trinajstić information content (AvgIpc) is 2.71. The molecular weight excluding hydrogens is 392 g/mol. The number of esters is 1. The van der Waals surface area contributed by atoms with Crippen LogP contribution in [-0.2, 0) is 26.1 Å². The molecule has 1 atom stereocenters. The number of hydrogen-bond acceptors (Lipinski definition) is 5. The first-order valence-corrected chi connectivity index (χ1v) is 10.7. The Balaban J connectivity index is 2.04. The smallest absolute Gasteiger partial charge is 0.338 e. The van der Waals surface area contributed by atoms with Crippen LogP contribution in [0.4, 0.5) is 0 Å². The molecule has 0 aliphatic heterocycles. The lowest BCUT2D eigenvalue weighted by Gasteiger charge is -2.21. The van der Waals surface area contributed by atoms with Crippen LogP contribution in [0, 0.1) is 0 Å². The molecule has 0 spiro atoms. The van der Waals surface area contributed by atoms with Crippen molar-refractivity contribution >= 4 is 21.9 Å². The number of benzene rings is 2. The molecule has 0 bridgehead atoms. The number of rotatable bonds is 8. The number of hydrogen-bond donors (Lipinski definition) is 1. The van der Waals surface area contributed by atoms with Crippen LogP contribution < -0.4 is 5.32 Å². The van der Waals surface area contributed by atoms with E-state index >= 15 is 0 Å². The third-order valence-electron chi connectivity index (χ3n) is 4.44. The number of ether oxygens (including phenoxy) is 1.